The molecule has 0 rings (SSSR count). The summed E-state index contributed by atoms with van der Waals surface area (Å²) in [6.45, 7) is 16.3. The van der Waals surface area contributed by atoms with Gasteiger partial charge in [-0.2, -0.15) is 9.81 Å². The zero-order valence-electron chi connectivity index (χ0n) is 23.7. The number of unbranched alkanes of at least 4 members (excludes halogenated alkanes) is 1. The summed E-state index contributed by atoms with van der Waals surface area (Å²) >= 11 is 0. The molecule has 2 atom stereocenters. The Bertz CT molecular complexity index is 624. The molecule has 0 saturated heterocycles. The van der Waals surface area contributed by atoms with Gasteiger partial charge in [0, 0.05) is 37.0 Å². The van der Waals surface area contributed by atoms with Crippen LogP contribution in [0.3, 0.4) is 0 Å². The summed E-state index contributed by atoms with van der Waals surface area (Å²) in [4.78, 5) is 45.9. The molecule has 210 valence electrons. The van der Waals surface area contributed by atoms with Crippen molar-refractivity contribution in [2.24, 2.45) is 16.3 Å². The minimum Gasteiger partial charge on any atom is -0.356 e. The number of nitrogens with zero attached hydrogens (tertiary/aromatic N) is 2. The maximum Gasteiger partial charge on any atom is 0.220 e. The van der Waals surface area contributed by atoms with Gasteiger partial charge < -0.3 is 21.3 Å². The number of rotatable bonds is 22. The lowest BCUT2D eigenvalue weighted by Gasteiger charge is -2.31. The van der Waals surface area contributed by atoms with Gasteiger partial charge in [0.25, 0.3) is 0 Å². The Morgan fingerprint density at radius 3 is 1.53 bits per heavy atom. The summed E-state index contributed by atoms with van der Waals surface area (Å²) in [7, 11) is 0. The van der Waals surface area contributed by atoms with Crippen LogP contribution < -0.4 is 21.3 Å². The molecule has 0 radical (unpaired) electrons. The highest BCUT2D eigenvalue weighted by atomic mass is 16.3. The molecule has 2 amide bonds. The lowest BCUT2D eigenvalue weighted by molar-refractivity contribution is -0.122. The smallest absolute Gasteiger partial charge is 0.220 e. The fourth-order valence-electron chi connectivity index (χ4n) is 3.60. The summed E-state index contributed by atoms with van der Waals surface area (Å²) in [5.41, 5.74) is -0.788. The standard InChI is InChI=1S/C26H52N6O4/c1-8-9-16-27-23(33)11-10-12-24(34)28-17-13-22(14-18-29-25(4,5)20(2)31-35)15-19-30-26(6,7)21(3)32-36/h20-22,29-30H,8-19H2,1-7H3,(H,27,33)(H,28,34). The molecule has 0 aliphatic carbocycles. The number of hydrogen-bond acceptors (Lipinski definition) is 8. The first kappa shape index (κ1) is 34.1. The van der Waals surface area contributed by atoms with Crippen LogP contribution in [-0.4, -0.2) is 61.2 Å². The van der Waals surface area contributed by atoms with Crippen LogP contribution in [0.2, 0.25) is 0 Å². The Balaban J connectivity index is 4.60. The van der Waals surface area contributed by atoms with Crippen molar-refractivity contribution in [3.63, 3.8) is 0 Å². The minimum atomic E-state index is -0.394. The van der Waals surface area contributed by atoms with Gasteiger partial charge in [-0.1, -0.05) is 23.7 Å². The van der Waals surface area contributed by atoms with E-state index in [1.165, 1.54) is 0 Å². The Hall–Kier alpha value is -1.94. The van der Waals surface area contributed by atoms with E-state index in [1.54, 1.807) is 13.8 Å². The van der Waals surface area contributed by atoms with Crippen molar-refractivity contribution in [3.05, 3.63) is 9.81 Å². The van der Waals surface area contributed by atoms with E-state index in [4.69, 9.17) is 0 Å². The lowest BCUT2D eigenvalue weighted by atomic mass is 9.92. The van der Waals surface area contributed by atoms with Gasteiger partial charge in [0.1, 0.15) is 12.1 Å². The number of amides is 2. The fraction of sp³-hybridized carbons (Fsp3) is 0.923. The maximum absolute atomic E-state index is 12.2. The molecule has 10 heteroatoms. The van der Waals surface area contributed by atoms with E-state index in [1.807, 2.05) is 27.7 Å². The monoisotopic (exact) mass is 512 g/mol. The molecule has 0 aromatic rings. The predicted molar refractivity (Wildman–Crippen MR) is 147 cm³/mol. The molecular formula is C26H52N6O4. The van der Waals surface area contributed by atoms with E-state index < -0.39 is 11.1 Å². The van der Waals surface area contributed by atoms with Crippen molar-refractivity contribution in [1.82, 2.24) is 21.3 Å². The number of hydrogen-bond donors (Lipinski definition) is 4. The van der Waals surface area contributed by atoms with Gasteiger partial charge in [-0.3, -0.25) is 9.59 Å². The van der Waals surface area contributed by atoms with Crippen LogP contribution in [0, 0.1) is 15.7 Å². The fourth-order valence-corrected chi connectivity index (χ4v) is 3.60. The molecule has 4 N–H and O–H groups in total. The van der Waals surface area contributed by atoms with Crippen LogP contribution in [-0.2, 0) is 9.59 Å². The highest BCUT2D eigenvalue weighted by Gasteiger charge is 2.27. The molecule has 0 fully saturated rings. The van der Waals surface area contributed by atoms with Crippen LogP contribution in [0.15, 0.2) is 10.4 Å². The van der Waals surface area contributed by atoms with Crippen molar-refractivity contribution >= 4 is 11.8 Å². The first-order chi connectivity index (χ1) is 16.9. The first-order valence-corrected chi connectivity index (χ1v) is 13.6. The number of nitrogens with one attached hydrogen (secondary N) is 4. The maximum atomic E-state index is 12.2. The Labute approximate surface area is 218 Å². The molecule has 0 heterocycles. The average molecular weight is 513 g/mol. The van der Waals surface area contributed by atoms with Crippen molar-refractivity contribution in [2.75, 3.05) is 26.2 Å². The second-order valence-corrected chi connectivity index (χ2v) is 11.0. The van der Waals surface area contributed by atoms with Crippen molar-refractivity contribution in [3.8, 4) is 0 Å². The van der Waals surface area contributed by atoms with Crippen LogP contribution >= 0.6 is 0 Å². The number of carbonyl (C=O) groups excluding carboxylic acids is 2. The minimum absolute atomic E-state index is 0.000331. The summed E-state index contributed by atoms with van der Waals surface area (Å²) in [6, 6.07) is -0.687. The summed E-state index contributed by atoms with van der Waals surface area (Å²) < 4.78 is 0. The normalized spacial score (nSPS) is 14.5. The molecule has 36 heavy (non-hydrogen) atoms. The topological polar surface area (TPSA) is 141 Å². The van der Waals surface area contributed by atoms with E-state index in [0.717, 1.165) is 45.2 Å². The van der Waals surface area contributed by atoms with Gasteiger partial charge in [0.15, 0.2) is 0 Å². The molecule has 2 unspecified atom stereocenters. The summed E-state index contributed by atoms with van der Waals surface area (Å²) in [5, 5.41) is 19.0. The van der Waals surface area contributed by atoms with E-state index in [2.05, 4.69) is 38.5 Å². The third kappa shape index (κ3) is 15.2. The zero-order chi connectivity index (χ0) is 27.6. The van der Waals surface area contributed by atoms with Crippen LogP contribution in [0.1, 0.15) is 99.8 Å². The Morgan fingerprint density at radius 2 is 1.11 bits per heavy atom. The molecule has 0 spiro atoms. The van der Waals surface area contributed by atoms with Gasteiger partial charge in [0.2, 0.25) is 11.8 Å². The van der Waals surface area contributed by atoms with E-state index in [0.29, 0.717) is 38.3 Å². The van der Waals surface area contributed by atoms with Gasteiger partial charge in [-0.15, -0.1) is 0 Å². The van der Waals surface area contributed by atoms with Gasteiger partial charge in [-0.25, -0.2) is 0 Å². The second kappa shape index (κ2) is 18.3. The Morgan fingerprint density at radius 1 is 0.694 bits per heavy atom. The van der Waals surface area contributed by atoms with Gasteiger partial charge >= 0.3 is 0 Å². The molecule has 0 aliphatic heterocycles. The van der Waals surface area contributed by atoms with E-state index in [-0.39, 0.29) is 23.9 Å². The highest BCUT2D eigenvalue weighted by Crippen LogP contribution is 2.17. The van der Waals surface area contributed by atoms with E-state index >= 15 is 0 Å². The average Bonchev–Trinajstić information content (AvgIpc) is 2.82. The molecule has 0 saturated carbocycles. The molecule has 10 nitrogen and oxygen atoms in total. The van der Waals surface area contributed by atoms with Crippen LogP contribution in [0.5, 0.6) is 0 Å². The second-order valence-electron chi connectivity index (χ2n) is 11.0. The lowest BCUT2D eigenvalue weighted by Crippen LogP contribution is -2.48. The third-order valence-corrected chi connectivity index (χ3v) is 7.21. The van der Waals surface area contributed by atoms with E-state index in [9.17, 15) is 19.4 Å². The number of carbonyl (C=O) groups is 2. The summed E-state index contributed by atoms with van der Waals surface area (Å²) in [5.74, 6) is 0.297. The zero-order valence-corrected chi connectivity index (χ0v) is 23.7. The Kier molecular flexibility index (Phi) is 17.3. The molecule has 0 aromatic heterocycles. The molecular weight excluding hydrogens is 460 g/mol. The summed E-state index contributed by atoms with van der Waals surface area (Å²) in [6.07, 6.45) is 5.82. The third-order valence-electron chi connectivity index (χ3n) is 7.21. The number of nitroso groups, excluding NO2 is 2. The largest absolute Gasteiger partial charge is 0.356 e. The van der Waals surface area contributed by atoms with Crippen LogP contribution in [0.25, 0.3) is 0 Å². The van der Waals surface area contributed by atoms with Gasteiger partial charge in [0.05, 0.1) is 0 Å². The molecule has 0 bridgehead atoms. The van der Waals surface area contributed by atoms with Crippen molar-refractivity contribution in [2.45, 2.75) is 123 Å². The van der Waals surface area contributed by atoms with Crippen LogP contribution in [0.4, 0.5) is 0 Å². The SMILES string of the molecule is CCCCNC(=O)CCCC(=O)NCCC(CCNC(C)(C)C(C)N=O)CCNC(C)(C)C(C)N=O. The predicted octanol–water partition coefficient (Wildman–Crippen LogP) is 4.02. The van der Waals surface area contributed by atoms with Gasteiger partial charge in [-0.05, 0) is 92.7 Å². The first-order valence-electron chi connectivity index (χ1n) is 13.6. The van der Waals surface area contributed by atoms with Crippen molar-refractivity contribution < 1.29 is 9.59 Å². The highest BCUT2D eigenvalue weighted by molar-refractivity contribution is 5.78. The quantitative estimate of drug-likeness (QED) is 0.127. The molecule has 0 aliphatic rings. The molecule has 0 aromatic carbocycles. The van der Waals surface area contributed by atoms with Crippen molar-refractivity contribution in [1.29, 1.82) is 0 Å².